The highest BCUT2D eigenvalue weighted by Crippen LogP contribution is 2.30. The fourth-order valence-electron chi connectivity index (χ4n) is 2.98. The number of hydrogen-bond donors (Lipinski definition) is 0. The maximum Gasteiger partial charge on any atom is 0.338 e. The third-order valence-electron chi connectivity index (χ3n) is 4.63. The minimum Gasteiger partial charge on any atom is -0.493 e. The lowest BCUT2D eigenvalue weighted by molar-refractivity contribution is -0.135. The van der Waals surface area contributed by atoms with Gasteiger partial charge in [-0.2, -0.15) is 0 Å². The van der Waals surface area contributed by atoms with Gasteiger partial charge >= 0.3 is 5.97 Å². The normalized spacial score (nSPS) is 12.9. The van der Waals surface area contributed by atoms with Crippen LogP contribution in [0.5, 0.6) is 11.5 Å². The molecule has 0 radical (unpaired) electrons. The van der Waals surface area contributed by atoms with Crippen LogP contribution in [0.25, 0.3) is 0 Å². The zero-order valence-electron chi connectivity index (χ0n) is 16.5. The van der Waals surface area contributed by atoms with Crippen LogP contribution in [-0.4, -0.2) is 43.1 Å². The number of carbonyl (C=O) groups excluding carboxylic acids is 2. The van der Waals surface area contributed by atoms with Crippen molar-refractivity contribution in [3.63, 3.8) is 0 Å². The molecule has 0 aromatic heterocycles. The highest BCUT2D eigenvalue weighted by molar-refractivity contribution is 5.92. The maximum absolute atomic E-state index is 13.9. The average Bonchev–Trinajstić information content (AvgIpc) is 3.56. The summed E-state index contributed by atoms with van der Waals surface area (Å²) in [5.41, 5.74) is 0.699. The van der Waals surface area contributed by atoms with Crippen LogP contribution in [0.2, 0.25) is 0 Å². The zero-order valence-corrected chi connectivity index (χ0v) is 16.5. The predicted octanol–water partition coefficient (Wildman–Crippen LogP) is 3.58. The molecule has 0 N–H and O–H groups in total. The number of amides is 1. The molecule has 0 aliphatic heterocycles. The van der Waals surface area contributed by atoms with Crippen LogP contribution in [0, 0.1) is 5.82 Å². The predicted molar refractivity (Wildman–Crippen MR) is 104 cm³/mol. The van der Waals surface area contributed by atoms with E-state index in [1.807, 2.05) is 6.92 Å². The molecule has 0 atom stereocenters. The third-order valence-corrected chi connectivity index (χ3v) is 4.63. The standard InChI is InChI=1S/C22H24FNO5/c1-3-28-20-12-15(8-11-19(20)27-2)22(26)29-14-21(25)24(17-9-10-17)13-16-6-4-5-7-18(16)23/h4-8,11-12,17H,3,9-10,13-14H2,1-2H3. The van der Waals surface area contributed by atoms with Gasteiger partial charge in [0.1, 0.15) is 5.82 Å². The Balaban J connectivity index is 1.63. The fraction of sp³-hybridized carbons (Fsp3) is 0.364. The average molecular weight is 401 g/mol. The highest BCUT2D eigenvalue weighted by Gasteiger charge is 2.33. The van der Waals surface area contributed by atoms with E-state index < -0.39 is 12.6 Å². The van der Waals surface area contributed by atoms with Crippen molar-refractivity contribution in [3.8, 4) is 11.5 Å². The van der Waals surface area contributed by atoms with E-state index >= 15 is 0 Å². The number of nitrogens with zero attached hydrogens (tertiary/aromatic N) is 1. The van der Waals surface area contributed by atoms with Gasteiger partial charge in [0.05, 0.1) is 19.3 Å². The summed E-state index contributed by atoms with van der Waals surface area (Å²) in [4.78, 5) is 26.6. The van der Waals surface area contributed by atoms with E-state index in [2.05, 4.69) is 0 Å². The topological polar surface area (TPSA) is 65.1 Å². The molecule has 2 aromatic carbocycles. The Morgan fingerprint density at radius 2 is 1.90 bits per heavy atom. The summed E-state index contributed by atoms with van der Waals surface area (Å²) >= 11 is 0. The van der Waals surface area contributed by atoms with Gasteiger partial charge < -0.3 is 19.1 Å². The molecule has 0 unspecified atom stereocenters. The highest BCUT2D eigenvalue weighted by atomic mass is 19.1. The molecule has 7 heteroatoms. The van der Waals surface area contributed by atoms with E-state index in [1.165, 1.54) is 19.2 Å². The van der Waals surface area contributed by atoms with Gasteiger partial charge in [0.25, 0.3) is 5.91 Å². The molecule has 2 aromatic rings. The molecular formula is C22H24FNO5. The number of rotatable bonds is 9. The molecule has 3 rings (SSSR count). The Morgan fingerprint density at radius 3 is 2.55 bits per heavy atom. The summed E-state index contributed by atoms with van der Waals surface area (Å²) in [6.45, 7) is 2.00. The Hall–Kier alpha value is -3.09. The van der Waals surface area contributed by atoms with Gasteiger partial charge in [-0.1, -0.05) is 18.2 Å². The summed E-state index contributed by atoms with van der Waals surface area (Å²) in [5, 5.41) is 0. The molecule has 154 valence electrons. The molecule has 1 aliphatic carbocycles. The first-order valence-electron chi connectivity index (χ1n) is 9.54. The van der Waals surface area contributed by atoms with Crippen molar-refractivity contribution in [2.75, 3.05) is 20.3 Å². The van der Waals surface area contributed by atoms with Crippen molar-refractivity contribution in [1.29, 1.82) is 0 Å². The SMILES string of the molecule is CCOc1cc(C(=O)OCC(=O)N(Cc2ccccc2F)C2CC2)ccc1OC. The number of esters is 1. The number of carbonyl (C=O) groups is 2. The Morgan fingerprint density at radius 1 is 1.14 bits per heavy atom. The molecule has 0 spiro atoms. The van der Waals surface area contributed by atoms with E-state index in [1.54, 1.807) is 35.2 Å². The molecule has 6 nitrogen and oxygen atoms in total. The van der Waals surface area contributed by atoms with E-state index in [0.717, 1.165) is 12.8 Å². The number of hydrogen-bond acceptors (Lipinski definition) is 5. The number of methoxy groups -OCH3 is 1. The third kappa shape index (κ3) is 5.25. The quantitative estimate of drug-likeness (QED) is 0.601. The first kappa shape index (κ1) is 20.6. The second-order valence-corrected chi connectivity index (χ2v) is 6.72. The largest absolute Gasteiger partial charge is 0.493 e. The summed E-state index contributed by atoms with van der Waals surface area (Å²) in [5.74, 6) is -0.407. The van der Waals surface area contributed by atoms with Gasteiger partial charge in [-0.25, -0.2) is 9.18 Å². The second-order valence-electron chi connectivity index (χ2n) is 6.72. The maximum atomic E-state index is 13.9. The van der Waals surface area contributed by atoms with Gasteiger partial charge in [0, 0.05) is 18.2 Å². The van der Waals surface area contributed by atoms with Crippen LogP contribution >= 0.6 is 0 Å². The van der Waals surface area contributed by atoms with E-state index in [0.29, 0.717) is 23.7 Å². The van der Waals surface area contributed by atoms with Crippen LogP contribution in [0.4, 0.5) is 4.39 Å². The summed E-state index contributed by atoms with van der Waals surface area (Å²) in [7, 11) is 1.51. The Bertz CT molecular complexity index is 881. The van der Waals surface area contributed by atoms with Crippen molar-refractivity contribution >= 4 is 11.9 Å². The van der Waals surface area contributed by atoms with Gasteiger partial charge in [-0.15, -0.1) is 0 Å². The van der Waals surface area contributed by atoms with Crippen LogP contribution in [-0.2, 0) is 16.1 Å². The second kappa shape index (κ2) is 9.41. The van der Waals surface area contributed by atoms with Gasteiger partial charge in [0.2, 0.25) is 0 Å². The summed E-state index contributed by atoms with van der Waals surface area (Å²) < 4.78 is 29.8. The Kier molecular flexibility index (Phi) is 6.69. The van der Waals surface area contributed by atoms with Crippen molar-refractivity contribution in [2.45, 2.75) is 32.4 Å². The molecule has 1 aliphatic rings. The van der Waals surface area contributed by atoms with E-state index in [4.69, 9.17) is 14.2 Å². The smallest absolute Gasteiger partial charge is 0.338 e. The molecule has 1 amide bonds. The van der Waals surface area contributed by atoms with Crippen LogP contribution in [0.3, 0.4) is 0 Å². The monoisotopic (exact) mass is 401 g/mol. The lowest BCUT2D eigenvalue weighted by Crippen LogP contribution is -2.36. The van der Waals surface area contributed by atoms with Crippen molar-refractivity contribution < 1.29 is 28.2 Å². The molecule has 1 saturated carbocycles. The number of halogens is 1. The molecule has 0 heterocycles. The number of ether oxygens (including phenoxy) is 3. The molecule has 1 fully saturated rings. The van der Waals surface area contributed by atoms with Gasteiger partial charge in [0.15, 0.2) is 18.1 Å². The van der Waals surface area contributed by atoms with Crippen LogP contribution < -0.4 is 9.47 Å². The number of benzene rings is 2. The summed E-state index contributed by atoms with van der Waals surface area (Å²) in [6, 6.07) is 11.1. The summed E-state index contributed by atoms with van der Waals surface area (Å²) in [6.07, 6.45) is 1.73. The zero-order chi connectivity index (χ0) is 20.8. The van der Waals surface area contributed by atoms with Gasteiger partial charge in [-0.05, 0) is 44.0 Å². The first-order valence-corrected chi connectivity index (χ1v) is 9.54. The molecular weight excluding hydrogens is 377 g/mol. The van der Waals surface area contributed by atoms with E-state index in [9.17, 15) is 14.0 Å². The lowest BCUT2D eigenvalue weighted by Gasteiger charge is -2.22. The molecule has 29 heavy (non-hydrogen) atoms. The van der Waals surface area contributed by atoms with Crippen LogP contribution in [0.15, 0.2) is 42.5 Å². The Labute approximate surface area is 169 Å². The van der Waals surface area contributed by atoms with Crippen molar-refractivity contribution in [1.82, 2.24) is 4.90 Å². The lowest BCUT2D eigenvalue weighted by atomic mass is 10.2. The van der Waals surface area contributed by atoms with Crippen molar-refractivity contribution in [2.24, 2.45) is 0 Å². The van der Waals surface area contributed by atoms with Gasteiger partial charge in [-0.3, -0.25) is 4.79 Å². The molecule has 0 bridgehead atoms. The molecule has 0 saturated heterocycles. The van der Waals surface area contributed by atoms with Crippen LogP contribution in [0.1, 0.15) is 35.7 Å². The van der Waals surface area contributed by atoms with E-state index in [-0.39, 0.29) is 29.9 Å². The first-order chi connectivity index (χ1) is 14.0. The minimum absolute atomic E-state index is 0.0614. The fourth-order valence-corrected chi connectivity index (χ4v) is 2.98. The van der Waals surface area contributed by atoms with Crippen molar-refractivity contribution in [3.05, 3.63) is 59.4 Å². The minimum atomic E-state index is -0.636.